The Hall–Kier alpha value is -2.63. The van der Waals surface area contributed by atoms with Gasteiger partial charge >= 0.3 is 0 Å². The third-order valence-electron chi connectivity index (χ3n) is 4.72. The standard InChI is InChI=1S/C20H26N4O2/c1-16(2)20(26)23-12-10-22(11-13-23)19(25)9-8-17-14-21-24(15-17)18-6-4-3-5-7-18/h3-7,14-16H,8-13H2,1-2H3. The van der Waals surface area contributed by atoms with Crippen LogP contribution in [0.15, 0.2) is 42.7 Å². The van der Waals surface area contributed by atoms with Gasteiger partial charge in [-0.15, -0.1) is 0 Å². The van der Waals surface area contributed by atoms with Crippen molar-refractivity contribution in [1.82, 2.24) is 19.6 Å². The molecule has 1 aliphatic heterocycles. The van der Waals surface area contributed by atoms with Crippen LogP contribution in [0.1, 0.15) is 25.8 Å². The maximum Gasteiger partial charge on any atom is 0.225 e. The quantitative estimate of drug-likeness (QED) is 0.826. The van der Waals surface area contributed by atoms with Crippen LogP contribution >= 0.6 is 0 Å². The minimum Gasteiger partial charge on any atom is -0.339 e. The van der Waals surface area contributed by atoms with Gasteiger partial charge in [-0.2, -0.15) is 5.10 Å². The molecule has 26 heavy (non-hydrogen) atoms. The van der Waals surface area contributed by atoms with Gasteiger partial charge in [0.25, 0.3) is 0 Å². The monoisotopic (exact) mass is 354 g/mol. The first kappa shape index (κ1) is 18.2. The Bertz CT molecular complexity index is 746. The van der Waals surface area contributed by atoms with E-state index in [0.717, 1.165) is 11.3 Å². The first-order chi connectivity index (χ1) is 12.5. The van der Waals surface area contributed by atoms with E-state index in [1.54, 1.807) is 0 Å². The van der Waals surface area contributed by atoms with Crippen molar-refractivity contribution >= 4 is 11.8 Å². The fraction of sp³-hybridized carbons (Fsp3) is 0.450. The van der Waals surface area contributed by atoms with Crippen molar-refractivity contribution < 1.29 is 9.59 Å². The summed E-state index contributed by atoms with van der Waals surface area (Å²) < 4.78 is 1.83. The molecule has 1 aromatic heterocycles. The minimum atomic E-state index is 0.0124. The van der Waals surface area contributed by atoms with Crippen LogP contribution in [-0.4, -0.2) is 57.6 Å². The lowest BCUT2D eigenvalue weighted by Gasteiger charge is -2.35. The SMILES string of the molecule is CC(C)C(=O)N1CCN(C(=O)CCc2cnn(-c3ccccc3)c2)CC1. The molecule has 2 amide bonds. The number of hydrogen-bond donors (Lipinski definition) is 0. The van der Waals surface area contributed by atoms with Crippen LogP contribution in [0.3, 0.4) is 0 Å². The third-order valence-corrected chi connectivity index (χ3v) is 4.72. The Labute approximate surface area is 154 Å². The number of para-hydroxylation sites is 1. The summed E-state index contributed by atoms with van der Waals surface area (Å²) >= 11 is 0. The highest BCUT2D eigenvalue weighted by Crippen LogP contribution is 2.12. The maximum absolute atomic E-state index is 12.5. The first-order valence-corrected chi connectivity index (χ1v) is 9.20. The van der Waals surface area contributed by atoms with Crippen LogP contribution in [0.4, 0.5) is 0 Å². The zero-order valence-corrected chi connectivity index (χ0v) is 15.5. The zero-order valence-electron chi connectivity index (χ0n) is 15.5. The molecule has 0 atom stereocenters. The second-order valence-corrected chi connectivity index (χ2v) is 6.99. The number of aromatic nitrogens is 2. The van der Waals surface area contributed by atoms with Crippen molar-refractivity contribution in [3.63, 3.8) is 0 Å². The summed E-state index contributed by atoms with van der Waals surface area (Å²) in [7, 11) is 0. The summed E-state index contributed by atoms with van der Waals surface area (Å²) in [5, 5.41) is 4.37. The van der Waals surface area contributed by atoms with Crippen LogP contribution in [0, 0.1) is 5.92 Å². The van der Waals surface area contributed by atoms with Gasteiger partial charge in [0.2, 0.25) is 11.8 Å². The highest BCUT2D eigenvalue weighted by molar-refractivity contribution is 5.79. The van der Waals surface area contributed by atoms with Crippen molar-refractivity contribution in [2.24, 2.45) is 5.92 Å². The second kappa shape index (κ2) is 8.17. The predicted molar refractivity (Wildman–Crippen MR) is 99.9 cm³/mol. The van der Waals surface area contributed by atoms with Gasteiger partial charge in [0, 0.05) is 44.7 Å². The predicted octanol–water partition coefficient (Wildman–Crippen LogP) is 2.13. The van der Waals surface area contributed by atoms with Gasteiger partial charge < -0.3 is 9.80 Å². The summed E-state index contributed by atoms with van der Waals surface area (Å²) in [4.78, 5) is 28.2. The molecule has 1 aromatic carbocycles. The summed E-state index contributed by atoms with van der Waals surface area (Å²) in [6, 6.07) is 9.93. The topological polar surface area (TPSA) is 58.4 Å². The molecule has 0 unspecified atom stereocenters. The lowest BCUT2D eigenvalue weighted by molar-refractivity contribution is -0.141. The number of benzene rings is 1. The Morgan fingerprint density at radius 2 is 1.69 bits per heavy atom. The number of nitrogens with zero attached hydrogens (tertiary/aromatic N) is 4. The van der Waals surface area contributed by atoms with Crippen molar-refractivity contribution in [3.05, 3.63) is 48.3 Å². The Morgan fingerprint density at radius 3 is 2.35 bits per heavy atom. The van der Waals surface area contributed by atoms with Gasteiger partial charge in [0.15, 0.2) is 0 Å². The number of piperazine rings is 1. The Balaban J connectivity index is 1.48. The summed E-state index contributed by atoms with van der Waals surface area (Å²) in [6.07, 6.45) is 4.94. The first-order valence-electron chi connectivity index (χ1n) is 9.20. The van der Waals surface area contributed by atoms with Gasteiger partial charge in [0.1, 0.15) is 0 Å². The summed E-state index contributed by atoms with van der Waals surface area (Å²) in [5.41, 5.74) is 2.06. The Kier molecular flexibility index (Phi) is 5.71. The molecule has 6 heteroatoms. The molecule has 1 fully saturated rings. The van der Waals surface area contributed by atoms with Crippen LogP contribution < -0.4 is 0 Å². The molecule has 3 rings (SSSR count). The van der Waals surface area contributed by atoms with E-state index in [1.165, 1.54) is 0 Å². The molecule has 138 valence electrons. The number of hydrogen-bond acceptors (Lipinski definition) is 3. The number of carbonyl (C=O) groups is 2. The second-order valence-electron chi connectivity index (χ2n) is 6.99. The normalized spacial score (nSPS) is 14.7. The van der Waals surface area contributed by atoms with Crippen molar-refractivity contribution in [2.45, 2.75) is 26.7 Å². The molecule has 0 saturated carbocycles. The fourth-order valence-corrected chi connectivity index (χ4v) is 3.16. The molecule has 0 radical (unpaired) electrons. The van der Waals surface area contributed by atoms with E-state index >= 15 is 0 Å². The van der Waals surface area contributed by atoms with Gasteiger partial charge in [-0.05, 0) is 24.1 Å². The van der Waals surface area contributed by atoms with E-state index in [4.69, 9.17) is 0 Å². The lowest BCUT2D eigenvalue weighted by atomic mass is 10.1. The zero-order chi connectivity index (χ0) is 18.5. The van der Waals surface area contributed by atoms with Crippen molar-refractivity contribution in [3.8, 4) is 5.69 Å². The molecular weight excluding hydrogens is 328 g/mol. The lowest BCUT2D eigenvalue weighted by Crippen LogP contribution is -2.51. The number of rotatable bonds is 5. The van der Waals surface area contributed by atoms with Gasteiger partial charge in [-0.25, -0.2) is 4.68 Å². The number of amides is 2. The van der Waals surface area contributed by atoms with E-state index in [1.807, 2.05) is 71.1 Å². The molecule has 0 N–H and O–H groups in total. The molecule has 6 nitrogen and oxygen atoms in total. The average molecular weight is 354 g/mol. The van der Waals surface area contributed by atoms with Crippen molar-refractivity contribution in [2.75, 3.05) is 26.2 Å². The third kappa shape index (κ3) is 4.31. The van der Waals surface area contributed by atoms with Crippen LogP contribution in [0.25, 0.3) is 5.69 Å². The van der Waals surface area contributed by atoms with E-state index in [-0.39, 0.29) is 17.7 Å². The molecule has 1 aliphatic rings. The largest absolute Gasteiger partial charge is 0.339 e. The van der Waals surface area contributed by atoms with Gasteiger partial charge in [0.05, 0.1) is 11.9 Å². The van der Waals surface area contributed by atoms with Gasteiger partial charge in [-0.1, -0.05) is 32.0 Å². The van der Waals surface area contributed by atoms with Crippen LogP contribution in [0.2, 0.25) is 0 Å². The molecular formula is C20H26N4O2. The molecule has 0 aliphatic carbocycles. The maximum atomic E-state index is 12.5. The highest BCUT2D eigenvalue weighted by Gasteiger charge is 2.25. The minimum absolute atomic E-state index is 0.0124. The number of aryl methyl sites for hydroxylation is 1. The molecule has 1 saturated heterocycles. The van der Waals surface area contributed by atoms with E-state index < -0.39 is 0 Å². The van der Waals surface area contributed by atoms with Gasteiger partial charge in [-0.3, -0.25) is 9.59 Å². The highest BCUT2D eigenvalue weighted by atomic mass is 16.2. The van der Waals surface area contributed by atoms with E-state index in [9.17, 15) is 9.59 Å². The van der Waals surface area contributed by atoms with Crippen LogP contribution in [0.5, 0.6) is 0 Å². The summed E-state index contributed by atoms with van der Waals surface area (Å²) in [5.74, 6) is 0.331. The smallest absolute Gasteiger partial charge is 0.225 e. The molecule has 2 heterocycles. The summed E-state index contributed by atoms with van der Waals surface area (Å²) in [6.45, 7) is 6.34. The molecule has 0 bridgehead atoms. The molecule has 0 spiro atoms. The van der Waals surface area contributed by atoms with E-state index in [0.29, 0.717) is 39.0 Å². The fourth-order valence-electron chi connectivity index (χ4n) is 3.16. The van der Waals surface area contributed by atoms with Crippen LogP contribution in [-0.2, 0) is 16.0 Å². The Morgan fingerprint density at radius 1 is 1.04 bits per heavy atom. The number of carbonyl (C=O) groups excluding carboxylic acids is 2. The average Bonchev–Trinajstić information content (AvgIpc) is 3.15. The van der Waals surface area contributed by atoms with Crippen molar-refractivity contribution in [1.29, 1.82) is 0 Å². The van der Waals surface area contributed by atoms with E-state index in [2.05, 4.69) is 5.10 Å². The molecule has 2 aromatic rings.